The number of anilines is 1. The number of aromatic nitrogens is 1. The highest BCUT2D eigenvalue weighted by atomic mass is 32.1. The van der Waals surface area contributed by atoms with Crippen molar-refractivity contribution < 1.29 is 0 Å². The fourth-order valence-electron chi connectivity index (χ4n) is 2.38. The minimum atomic E-state index is 0.348. The number of nitrogens with zero attached hydrogens (tertiary/aromatic N) is 1. The van der Waals surface area contributed by atoms with Gasteiger partial charge >= 0.3 is 0 Å². The van der Waals surface area contributed by atoms with Crippen LogP contribution in [0.3, 0.4) is 0 Å². The molecule has 3 nitrogen and oxygen atoms in total. The second kappa shape index (κ2) is 5.00. The van der Waals surface area contributed by atoms with Crippen molar-refractivity contribution in [2.45, 2.75) is 32.6 Å². The van der Waals surface area contributed by atoms with Gasteiger partial charge in [-0.3, -0.25) is 0 Å². The van der Waals surface area contributed by atoms with Crippen LogP contribution in [0, 0.1) is 5.41 Å². The van der Waals surface area contributed by atoms with Gasteiger partial charge in [-0.15, -0.1) is 0 Å². The first kappa shape index (κ1) is 12.3. The highest BCUT2D eigenvalue weighted by Crippen LogP contribution is 2.37. The number of pyridine rings is 1. The summed E-state index contributed by atoms with van der Waals surface area (Å²) in [6.07, 6.45) is 5.29. The van der Waals surface area contributed by atoms with Gasteiger partial charge in [0.2, 0.25) is 0 Å². The van der Waals surface area contributed by atoms with E-state index in [4.69, 9.17) is 18.0 Å². The van der Waals surface area contributed by atoms with Crippen molar-refractivity contribution in [3.05, 3.63) is 23.9 Å². The van der Waals surface area contributed by atoms with Gasteiger partial charge < -0.3 is 11.1 Å². The Hall–Kier alpha value is -1.16. The third-order valence-corrected chi connectivity index (χ3v) is 3.72. The molecule has 3 N–H and O–H groups in total. The average Bonchev–Trinajstić information content (AvgIpc) is 2.75. The minimum absolute atomic E-state index is 0.348. The van der Waals surface area contributed by atoms with E-state index in [9.17, 15) is 0 Å². The molecule has 1 aliphatic rings. The zero-order valence-electron chi connectivity index (χ0n) is 10.2. The predicted molar refractivity (Wildman–Crippen MR) is 75.2 cm³/mol. The van der Waals surface area contributed by atoms with Gasteiger partial charge in [0.15, 0.2) is 0 Å². The van der Waals surface area contributed by atoms with Crippen LogP contribution in [0.5, 0.6) is 0 Å². The smallest absolute Gasteiger partial charge is 0.126 e. The first-order valence-corrected chi connectivity index (χ1v) is 6.51. The van der Waals surface area contributed by atoms with Gasteiger partial charge in [-0.1, -0.05) is 38.0 Å². The van der Waals surface area contributed by atoms with E-state index >= 15 is 0 Å². The Morgan fingerprint density at radius 3 is 2.82 bits per heavy atom. The molecule has 0 atom stereocenters. The Kier molecular flexibility index (Phi) is 3.62. The number of rotatable bonds is 4. The third kappa shape index (κ3) is 3.16. The molecule has 1 aliphatic carbocycles. The second-order valence-electron chi connectivity index (χ2n) is 5.14. The van der Waals surface area contributed by atoms with Gasteiger partial charge in [0.05, 0.1) is 5.69 Å². The van der Waals surface area contributed by atoms with E-state index in [1.807, 2.05) is 18.2 Å². The molecular weight excluding hydrogens is 230 g/mol. The maximum absolute atomic E-state index is 5.57. The van der Waals surface area contributed by atoms with Gasteiger partial charge in [-0.2, -0.15) is 0 Å². The molecule has 0 spiro atoms. The zero-order chi connectivity index (χ0) is 12.3. The number of thiocarbonyl (C=S) groups is 1. The monoisotopic (exact) mass is 249 g/mol. The van der Waals surface area contributed by atoms with Crippen molar-refractivity contribution >= 4 is 23.0 Å². The second-order valence-corrected chi connectivity index (χ2v) is 5.58. The average molecular weight is 249 g/mol. The lowest BCUT2D eigenvalue weighted by molar-refractivity contribution is 0.361. The minimum Gasteiger partial charge on any atom is -0.388 e. The van der Waals surface area contributed by atoms with Crippen LogP contribution >= 0.6 is 12.2 Å². The Morgan fingerprint density at radius 1 is 1.47 bits per heavy atom. The molecule has 0 aromatic carbocycles. The molecule has 92 valence electrons. The summed E-state index contributed by atoms with van der Waals surface area (Å²) >= 11 is 4.92. The molecule has 0 saturated heterocycles. The van der Waals surface area contributed by atoms with Crippen molar-refractivity contribution in [2.24, 2.45) is 11.1 Å². The van der Waals surface area contributed by atoms with Crippen LogP contribution in [0.25, 0.3) is 0 Å². The Bertz CT molecular complexity index is 411. The van der Waals surface area contributed by atoms with E-state index in [0.29, 0.717) is 16.1 Å². The third-order valence-electron chi connectivity index (χ3n) is 3.51. The fraction of sp³-hybridized carbons (Fsp3) is 0.538. The Labute approximate surface area is 108 Å². The maximum Gasteiger partial charge on any atom is 0.126 e. The van der Waals surface area contributed by atoms with Gasteiger partial charge in [0.25, 0.3) is 0 Å². The maximum atomic E-state index is 5.57. The molecular formula is C13H19N3S. The van der Waals surface area contributed by atoms with E-state index in [2.05, 4.69) is 17.2 Å². The van der Waals surface area contributed by atoms with Crippen molar-refractivity contribution in [2.75, 3.05) is 11.9 Å². The molecule has 2 rings (SSSR count). The van der Waals surface area contributed by atoms with Crippen molar-refractivity contribution in [3.8, 4) is 0 Å². The molecule has 0 radical (unpaired) electrons. The molecule has 0 bridgehead atoms. The van der Waals surface area contributed by atoms with Crippen molar-refractivity contribution in [1.29, 1.82) is 0 Å². The standard InChI is InChI=1S/C13H19N3S/c1-13(7-2-3-8-13)9-15-11-6-4-5-10(16-11)12(14)17/h4-6H,2-3,7-9H2,1H3,(H2,14,17)(H,15,16). The summed E-state index contributed by atoms with van der Waals surface area (Å²) in [4.78, 5) is 4.73. The van der Waals surface area contributed by atoms with Crippen LogP contribution in [-0.4, -0.2) is 16.5 Å². The quantitative estimate of drug-likeness (QED) is 0.806. The molecule has 0 aliphatic heterocycles. The first-order valence-electron chi connectivity index (χ1n) is 6.10. The van der Waals surface area contributed by atoms with Gasteiger partial charge in [-0.25, -0.2) is 4.98 Å². The summed E-state index contributed by atoms with van der Waals surface area (Å²) in [5.41, 5.74) is 6.67. The van der Waals surface area contributed by atoms with E-state index in [1.165, 1.54) is 25.7 Å². The van der Waals surface area contributed by atoms with Crippen LogP contribution in [0.4, 0.5) is 5.82 Å². The van der Waals surface area contributed by atoms with E-state index in [-0.39, 0.29) is 0 Å². The molecule has 1 aromatic rings. The van der Waals surface area contributed by atoms with Crippen LogP contribution in [0.1, 0.15) is 38.3 Å². The molecule has 0 amide bonds. The summed E-state index contributed by atoms with van der Waals surface area (Å²) in [7, 11) is 0. The van der Waals surface area contributed by atoms with E-state index in [0.717, 1.165) is 12.4 Å². The number of hydrogen-bond donors (Lipinski definition) is 2. The Balaban J connectivity index is 1.99. The topological polar surface area (TPSA) is 50.9 Å². The number of nitrogens with one attached hydrogen (secondary N) is 1. The van der Waals surface area contributed by atoms with Crippen molar-refractivity contribution in [1.82, 2.24) is 4.98 Å². The molecule has 1 heterocycles. The summed E-state index contributed by atoms with van der Waals surface area (Å²) < 4.78 is 0. The van der Waals surface area contributed by atoms with Crippen LogP contribution < -0.4 is 11.1 Å². The summed E-state index contributed by atoms with van der Waals surface area (Å²) in [6.45, 7) is 3.31. The van der Waals surface area contributed by atoms with Crippen molar-refractivity contribution in [3.63, 3.8) is 0 Å². The number of hydrogen-bond acceptors (Lipinski definition) is 3. The molecule has 0 unspecified atom stereocenters. The largest absolute Gasteiger partial charge is 0.388 e. The molecule has 4 heteroatoms. The summed E-state index contributed by atoms with van der Waals surface area (Å²) in [6, 6.07) is 5.73. The lowest BCUT2D eigenvalue weighted by atomic mass is 9.89. The lowest BCUT2D eigenvalue weighted by Gasteiger charge is -2.24. The normalized spacial score (nSPS) is 17.9. The Morgan fingerprint density at radius 2 is 2.18 bits per heavy atom. The summed E-state index contributed by atoms with van der Waals surface area (Å²) in [5.74, 6) is 0.864. The highest BCUT2D eigenvalue weighted by Gasteiger charge is 2.28. The SMILES string of the molecule is CC1(CNc2cccc(C(N)=S)n2)CCCC1. The first-order chi connectivity index (χ1) is 8.09. The predicted octanol–water partition coefficient (Wildman–Crippen LogP) is 2.71. The van der Waals surface area contributed by atoms with E-state index < -0.39 is 0 Å². The van der Waals surface area contributed by atoms with Gasteiger partial charge in [0, 0.05) is 6.54 Å². The molecule has 1 aromatic heterocycles. The molecule has 1 saturated carbocycles. The summed E-state index contributed by atoms with van der Waals surface area (Å²) in [5, 5.41) is 3.40. The molecule has 1 fully saturated rings. The highest BCUT2D eigenvalue weighted by molar-refractivity contribution is 7.80. The molecule has 17 heavy (non-hydrogen) atoms. The lowest BCUT2D eigenvalue weighted by Crippen LogP contribution is -2.23. The number of nitrogens with two attached hydrogens (primary N) is 1. The van der Waals surface area contributed by atoms with Crippen LogP contribution in [0.2, 0.25) is 0 Å². The van der Waals surface area contributed by atoms with Gasteiger partial charge in [-0.05, 0) is 30.4 Å². The van der Waals surface area contributed by atoms with E-state index in [1.54, 1.807) is 0 Å². The van der Waals surface area contributed by atoms with Gasteiger partial charge in [0.1, 0.15) is 10.8 Å². The fourth-order valence-corrected chi connectivity index (χ4v) is 2.49. The van der Waals surface area contributed by atoms with Crippen LogP contribution in [0.15, 0.2) is 18.2 Å². The zero-order valence-corrected chi connectivity index (χ0v) is 11.0. The van der Waals surface area contributed by atoms with Crippen LogP contribution in [-0.2, 0) is 0 Å².